The normalized spacial score (nSPS) is 15.4. The molecule has 1 fully saturated rings. The first-order valence-electron chi connectivity index (χ1n) is 10.5. The Morgan fingerprint density at radius 3 is 2.50 bits per heavy atom. The van der Waals surface area contributed by atoms with Crippen molar-refractivity contribution >= 4 is 11.6 Å². The fourth-order valence-electron chi connectivity index (χ4n) is 3.96. The first kappa shape index (κ1) is 20.4. The highest BCUT2D eigenvalue weighted by atomic mass is 16.5. The van der Waals surface area contributed by atoms with E-state index in [2.05, 4.69) is 23.1 Å². The fourth-order valence-corrected chi connectivity index (χ4v) is 3.96. The summed E-state index contributed by atoms with van der Waals surface area (Å²) >= 11 is 0. The van der Waals surface area contributed by atoms with Gasteiger partial charge in [0.05, 0.1) is 6.61 Å². The third-order valence-electron chi connectivity index (χ3n) is 5.45. The van der Waals surface area contributed by atoms with Gasteiger partial charge in [-0.05, 0) is 56.0 Å². The number of hydrogen-bond acceptors (Lipinski definition) is 3. The summed E-state index contributed by atoms with van der Waals surface area (Å²) in [6.45, 7) is 7.79. The lowest BCUT2D eigenvalue weighted by atomic mass is 10.0. The second kappa shape index (κ2) is 10.3. The molecule has 2 aromatic carbocycles. The van der Waals surface area contributed by atoms with Crippen LogP contribution in [0.15, 0.2) is 54.6 Å². The van der Waals surface area contributed by atoms with E-state index in [-0.39, 0.29) is 5.91 Å². The number of benzene rings is 2. The number of carbonyl (C=O) groups is 1. The van der Waals surface area contributed by atoms with E-state index in [0.717, 1.165) is 50.3 Å². The van der Waals surface area contributed by atoms with Gasteiger partial charge < -0.3 is 14.5 Å². The van der Waals surface area contributed by atoms with Gasteiger partial charge in [0.25, 0.3) is 0 Å². The Morgan fingerprint density at radius 1 is 1.07 bits per heavy atom. The third-order valence-corrected chi connectivity index (χ3v) is 5.45. The molecule has 0 aromatic heterocycles. The van der Waals surface area contributed by atoms with Gasteiger partial charge in [-0.25, -0.2) is 0 Å². The molecule has 0 N–H and O–H groups in total. The smallest absolute Gasteiger partial charge is 0.226 e. The molecule has 150 valence electrons. The van der Waals surface area contributed by atoms with Gasteiger partial charge in [0.2, 0.25) is 5.91 Å². The number of amides is 1. The van der Waals surface area contributed by atoms with Crippen molar-refractivity contribution in [1.29, 1.82) is 0 Å². The summed E-state index contributed by atoms with van der Waals surface area (Å²) in [5.41, 5.74) is 2.35. The maximum atomic E-state index is 12.6. The summed E-state index contributed by atoms with van der Waals surface area (Å²) in [6.07, 6.45) is 3.63. The van der Waals surface area contributed by atoms with Crippen LogP contribution in [0.5, 0.6) is 5.75 Å². The Labute approximate surface area is 169 Å². The van der Waals surface area contributed by atoms with Crippen molar-refractivity contribution in [2.75, 3.05) is 31.1 Å². The fraction of sp³-hybridized carbons (Fsp3) is 0.458. The number of anilines is 1. The molecule has 1 amide bonds. The molecule has 1 heterocycles. The molecule has 0 radical (unpaired) electrons. The van der Waals surface area contributed by atoms with Gasteiger partial charge in [0.15, 0.2) is 0 Å². The first-order chi connectivity index (χ1) is 13.7. The lowest BCUT2D eigenvalue weighted by Crippen LogP contribution is -2.47. The molecule has 28 heavy (non-hydrogen) atoms. The number of carbonyl (C=O) groups excluding carboxylic acids is 1. The highest BCUT2D eigenvalue weighted by Crippen LogP contribution is 2.25. The molecule has 4 nitrogen and oxygen atoms in total. The molecule has 1 aliphatic rings. The maximum absolute atomic E-state index is 12.6. The Kier molecular flexibility index (Phi) is 7.49. The van der Waals surface area contributed by atoms with Crippen LogP contribution in [0.3, 0.4) is 0 Å². The Balaban J connectivity index is 1.54. The molecule has 0 saturated carbocycles. The van der Waals surface area contributed by atoms with E-state index in [1.807, 2.05) is 55.1 Å². The molecule has 0 aliphatic carbocycles. The van der Waals surface area contributed by atoms with Crippen molar-refractivity contribution in [3.05, 3.63) is 60.2 Å². The van der Waals surface area contributed by atoms with Crippen molar-refractivity contribution in [3.8, 4) is 5.75 Å². The van der Waals surface area contributed by atoms with E-state index in [0.29, 0.717) is 19.1 Å². The summed E-state index contributed by atoms with van der Waals surface area (Å²) in [7, 11) is 0. The lowest BCUT2D eigenvalue weighted by Gasteiger charge is -2.38. The van der Waals surface area contributed by atoms with Crippen LogP contribution in [-0.4, -0.2) is 43.1 Å². The van der Waals surface area contributed by atoms with Crippen LogP contribution < -0.4 is 9.64 Å². The zero-order valence-corrected chi connectivity index (χ0v) is 17.1. The molecule has 1 saturated heterocycles. The van der Waals surface area contributed by atoms with Crippen LogP contribution in [0.25, 0.3) is 0 Å². The number of para-hydroxylation sites is 1. The van der Waals surface area contributed by atoms with Crippen LogP contribution in [0, 0.1) is 0 Å². The molecular weight excluding hydrogens is 348 g/mol. The molecule has 1 aliphatic heterocycles. The number of piperidine rings is 1. The zero-order chi connectivity index (χ0) is 19.8. The van der Waals surface area contributed by atoms with Crippen molar-refractivity contribution in [2.24, 2.45) is 0 Å². The molecule has 4 heteroatoms. The highest BCUT2D eigenvalue weighted by Gasteiger charge is 2.28. The van der Waals surface area contributed by atoms with Gasteiger partial charge in [0.1, 0.15) is 5.75 Å². The van der Waals surface area contributed by atoms with E-state index >= 15 is 0 Å². The van der Waals surface area contributed by atoms with E-state index in [1.54, 1.807) is 0 Å². The van der Waals surface area contributed by atoms with Gasteiger partial charge in [-0.3, -0.25) is 4.79 Å². The minimum atomic E-state index is 0.220. The summed E-state index contributed by atoms with van der Waals surface area (Å²) in [5, 5.41) is 0. The monoisotopic (exact) mass is 380 g/mol. The standard InChI is InChI=1S/C24H32N2O2/c1-3-24(27)26(21-10-6-5-7-11-21)22-14-17-25(18-15-22)16-13-20-9-8-12-23(19-20)28-4-2/h5-12,19,22H,3-4,13-18H2,1-2H3. The van der Waals surface area contributed by atoms with Gasteiger partial charge in [-0.1, -0.05) is 37.3 Å². The Morgan fingerprint density at radius 2 is 1.82 bits per heavy atom. The predicted molar refractivity (Wildman–Crippen MR) is 115 cm³/mol. The number of ether oxygens (including phenoxy) is 1. The van der Waals surface area contributed by atoms with Gasteiger partial charge in [-0.2, -0.15) is 0 Å². The SMILES string of the molecule is CCOc1cccc(CCN2CCC(N(C(=O)CC)c3ccccc3)CC2)c1. The molecule has 2 aromatic rings. The maximum Gasteiger partial charge on any atom is 0.226 e. The van der Waals surface area contributed by atoms with E-state index in [4.69, 9.17) is 4.74 Å². The largest absolute Gasteiger partial charge is 0.494 e. The minimum Gasteiger partial charge on any atom is -0.494 e. The molecule has 0 unspecified atom stereocenters. The van der Waals surface area contributed by atoms with Gasteiger partial charge in [-0.15, -0.1) is 0 Å². The van der Waals surface area contributed by atoms with E-state index < -0.39 is 0 Å². The summed E-state index contributed by atoms with van der Waals surface area (Å²) in [6, 6.07) is 18.8. The number of rotatable bonds is 8. The third kappa shape index (κ3) is 5.35. The Hall–Kier alpha value is -2.33. The van der Waals surface area contributed by atoms with E-state index in [9.17, 15) is 4.79 Å². The topological polar surface area (TPSA) is 32.8 Å². The van der Waals surface area contributed by atoms with Crippen molar-refractivity contribution in [1.82, 2.24) is 4.90 Å². The quantitative estimate of drug-likeness (QED) is 0.674. The number of hydrogen-bond donors (Lipinski definition) is 0. The molecule has 0 spiro atoms. The summed E-state index contributed by atoms with van der Waals surface area (Å²) < 4.78 is 5.60. The summed E-state index contributed by atoms with van der Waals surface area (Å²) in [4.78, 5) is 17.1. The van der Waals surface area contributed by atoms with Crippen LogP contribution in [0.2, 0.25) is 0 Å². The second-order valence-electron chi connectivity index (χ2n) is 7.36. The van der Waals surface area contributed by atoms with Gasteiger partial charge >= 0.3 is 0 Å². The van der Waals surface area contributed by atoms with Crippen LogP contribution in [-0.2, 0) is 11.2 Å². The van der Waals surface area contributed by atoms with E-state index in [1.165, 1.54) is 5.56 Å². The van der Waals surface area contributed by atoms with Crippen molar-refractivity contribution in [3.63, 3.8) is 0 Å². The number of likely N-dealkylation sites (tertiary alicyclic amines) is 1. The highest BCUT2D eigenvalue weighted by molar-refractivity contribution is 5.93. The average Bonchev–Trinajstić information content (AvgIpc) is 2.74. The minimum absolute atomic E-state index is 0.220. The lowest BCUT2D eigenvalue weighted by molar-refractivity contribution is -0.119. The second-order valence-corrected chi connectivity index (χ2v) is 7.36. The Bertz CT molecular complexity index is 739. The van der Waals surface area contributed by atoms with Gasteiger partial charge in [0, 0.05) is 37.8 Å². The zero-order valence-electron chi connectivity index (χ0n) is 17.1. The number of nitrogens with zero attached hydrogens (tertiary/aromatic N) is 2. The van der Waals surface area contributed by atoms with Crippen LogP contribution >= 0.6 is 0 Å². The molecule has 0 bridgehead atoms. The van der Waals surface area contributed by atoms with Crippen LogP contribution in [0.1, 0.15) is 38.7 Å². The van der Waals surface area contributed by atoms with Crippen molar-refractivity contribution < 1.29 is 9.53 Å². The predicted octanol–water partition coefficient (Wildman–Crippen LogP) is 4.54. The molecular formula is C24H32N2O2. The first-order valence-corrected chi connectivity index (χ1v) is 10.5. The summed E-state index contributed by atoms with van der Waals surface area (Å²) in [5.74, 6) is 1.17. The average molecular weight is 381 g/mol. The molecule has 0 atom stereocenters. The van der Waals surface area contributed by atoms with Crippen molar-refractivity contribution in [2.45, 2.75) is 45.6 Å². The molecule has 3 rings (SSSR count). The van der Waals surface area contributed by atoms with Crippen LogP contribution in [0.4, 0.5) is 5.69 Å².